The van der Waals surface area contributed by atoms with Crippen molar-refractivity contribution in [3.63, 3.8) is 0 Å². The molecule has 0 saturated carbocycles. The van der Waals surface area contributed by atoms with E-state index >= 15 is 0 Å². The van der Waals surface area contributed by atoms with Gasteiger partial charge in [0.1, 0.15) is 11.6 Å². The number of para-hydroxylation sites is 2. The molecule has 3 aliphatic heterocycles. The molecule has 3 fully saturated rings. The molecule has 9 heteroatoms. The van der Waals surface area contributed by atoms with Crippen molar-refractivity contribution in [3.8, 4) is 0 Å². The van der Waals surface area contributed by atoms with Crippen LogP contribution in [-0.4, -0.2) is 57.6 Å². The highest BCUT2D eigenvalue weighted by molar-refractivity contribution is 6.33. The summed E-state index contributed by atoms with van der Waals surface area (Å²) >= 11 is 6.31. The number of carbonyl (C=O) groups excluding carboxylic acids is 3. The Morgan fingerprint density at radius 1 is 1.14 bits per heavy atom. The summed E-state index contributed by atoms with van der Waals surface area (Å²) < 4.78 is 6.70. The predicted octanol–water partition coefficient (Wildman–Crippen LogP) is 3.70. The first kappa shape index (κ1) is 25.7. The number of hydrogen-bond acceptors (Lipinski definition) is 5. The second-order valence-corrected chi connectivity index (χ2v) is 10.9. The van der Waals surface area contributed by atoms with Crippen LogP contribution in [0.5, 0.6) is 0 Å². The van der Waals surface area contributed by atoms with Gasteiger partial charge in [-0.25, -0.2) is 0 Å². The lowest BCUT2D eigenvalue weighted by atomic mass is 9.62. The third kappa shape index (κ3) is 3.85. The number of likely N-dealkylation sites (tertiary alicyclic amines) is 1. The first-order valence-corrected chi connectivity index (χ1v) is 13.1. The van der Waals surface area contributed by atoms with Crippen LogP contribution in [0.1, 0.15) is 33.6 Å². The highest BCUT2D eigenvalue weighted by Crippen LogP contribution is 2.65. The zero-order valence-electron chi connectivity index (χ0n) is 21.1. The molecule has 2 aromatic carbocycles. The largest absolute Gasteiger partial charge is 0.394 e. The molecule has 0 aromatic heterocycles. The maximum Gasteiger partial charge on any atom is 0.250 e. The molecule has 3 heterocycles. The monoisotopic (exact) mass is 525 g/mol. The molecule has 3 aliphatic rings. The molecule has 3 N–H and O–H groups in total. The normalized spacial score (nSPS) is 32.8. The third-order valence-electron chi connectivity index (χ3n) is 8.53. The Hall–Kier alpha value is -2.94. The number of aliphatic hydroxyl groups excluding tert-OH is 1. The number of fused-ring (bicyclic) bond motifs is 1. The first-order valence-electron chi connectivity index (χ1n) is 12.7. The van der Waals surface area contributed by atoms with Gasteiger partial charge in [0.2, 0.25) is 17.7 Å². The van der Waals surface area contributed by atoms with Gasteiger partial charge in [0, 0.05) is 5.69 Å². The van der Waals surface area contributed by atoms with E-state index in [1.807, 2.05) is 39.0 Å². The number of nitrogens with one attached hydrogen (secondary N) is 2. The fourth-order valence-electron chi connectivity index (χ4n) is 6.69. The minimum atomic E-state index is -1.21. The molecule has 3 amide bonds. The van der Waals surface area contributed by atoms with E-state index in [9.17, 15) is 19.5 Å². The lowest BCUT2D eigenvalue weighted by Gasteiger charge is -2.36. The van der Waals surface area contributed by atoms with Gasteiger partial charge in [0.25, 0.3) is 0 Å². The van der Waals surface area contributed by atoms with Crippen LogP contribution < -0.4 is 10.6 Å². The lowest BCUT2D eigenvalue weighted by Crippen LogP contribution is -2.56. The summed E-state index contributed by atoms with van der Waals surface area (Å²) in [6.07, 6.45) is 0.878. The number of anilines is 2. The summed E-state index contributed by atoms with van der Waals surface area (Å²) in [5.41, 5.74) is -1.10. The molecule has 8 nitrogen and oxygen atoms in total. The Morgan fingerprint density at radius 3 is 2.46 bits per heavy atom. The van der Waals surface area contributed by atoms with Gasteiger partial charge in [-0.2, -0.15) is 0 Å². The molecule has 3 saturated heterocycles. The fraction of sp³-hybridized carbons (Fsp3) is 0.464. The van der Waals surface area contributed by atoms with E-state index in [1.165, 1.54) is 4.90 Å². The SMILES string of the molecule is CC[C@@H](CO)N1C(=O)[C@@H]2[C@H](C(=O)Nc3ccccc3)[C@@]3(C)OC2(CC3C)C1C(=O)Nc1ccccc1Cl. The minimum Gasteiger partial charge on any atom is -0.394 e. The van der Waals surface area contributed by atoms with Gasteiger partial charge in [-0.3, -0.25) is 14.4 Å². The molecule has 0 aliphatic carbocycles. The summed E-state index contributed by atoms with van der Waals surface area (Å²) in [5, 5.41) is 16.4. The van der Waals surface area contributed by atoms with E-state index in [0.717, 1.165) is 0 Å². The summed E-state index contributed by atoms with van der Waals surface area (Å²) in [4.78, 5) is 43.3. The number of rotatable bonds is 7. The number of nitrogens with zero attached hydrogens (tertiary/aromatic N) is 1. The summed E-state index contributed by atoms with van der Waals surface area (Å²) in [7, 11) is 0. The van der Waals surface area contributed by atoms with E-state index in [1.54, 1.807) is 36.4 Å². The van der Waals surface area contributed by atoms with Crippen LogP contribution in [0.3, 0.4) is 0 Å². The molecule has 1 spiro atoms. The molecule has 3 unspecified atom stereocenters. The number of hydrogen-bond donors (Lipinski definition) is 3. The van der Waals surface area contributed by atoms with E-state index in [0.29, 0.717) is 29.2 Å². The van der Waals surface area contributed by atoms with Crippen LogP contribution in [0.4, 0.5) is 11.4 Å². The molecular formula is C28H32ClN3O5. The van der Waals surface area contributed by atoms with Crippen LogP contribution in [-0.2, 0) is 19.1 Å². The number of amides is 3. The maximum atomic E-state index is 14.1. The zero-order valence-corrected chi connectivity index (χ0v) is 21.9. The van der Waals surface area contributed by atoms with Crippen LogP contribution in [0.15, 0.2) is 54.6 Å². The van der Waals surface area contributed by atoms with Gasteiger partial charge in [-0.1, -0.05) is 55.8 Å². The Kier molecular flexibility index (Phi) is 6.54. The molecule has 2 bridgehead atoms. The fourth-order valence-corrected chi connectivity index (χ4v) is 6.87. The van der Waals surface area contributed by atoms with Gasteiger partial charge in [0.15, 0.2) is 0 Å². The van der Waals surface area contributed by atoms with Gasteiger partial charge in [0.05, 0.1) is 40.8 Å². The zero-order chi connectivity index (χ0) is 26.5. The van der Waals surface area contributed by atoms with Crippen molar-refractivity contribution in [1.29, 1.82) is 0 Å². The molecule has 5 rings (SSSR count). The average molecular weight is 526 g/mol. The quantitative estimate of drug-likeness (QED) is 0.511. The van der Waals surface area contributed by atoms with E-state index < -0.39 is 41.0 Å². The van der Waals surface area contributed by atoms with Crippen molar-refractivity contribution in [3.05, 3.63) is 59.6 Å². The molecular weight excluding hydrogens is 494 g/mol. The van der Waals surface area contributed by atoms with Crippen molar-refractivity contribution in [2.75, 3.05) is 17.2 Å². The molecule has 37 heavy (non-hydrogen) atoms. The second-order valence-electron chi connectivity index (χ2n) is 10.5. The standard InChI is InChI=1S/C28H32ClN3O5/c1-4-18(15-33)32-23(25(35)31-20-13-9-8-12-19(20)29)28-14-16(2)27(3,37-28)21(22(28)26(32)36)24(34)30-17-10-6-5-7-11-17/h5-13,16,18,21-23,33H,4,14-15H2,1-3H3,(H,30,34)(H,31,35)/t16?,18-,21+,22-,23?,27-,28?/m0/s1. The van der Waals surface area contributed by atoms with Crippen molar-refractivity contribution in [2.45, 2.75) is 56.9 Å². The van der Waals surface area contributed by atoms with Crippen molar-refractivity contribution in [2.24, 2.45) is 17.8 Å². The lowest BCUT2D eigenvalue weighted by molar-refractivity contribution is -0.148. The van der Waals surface area contributed by atoms with E-state index in [4.69, 9.17) is 16.3 Å². The average Bonchev–Trinajstić information content (AvgIpc) is 3.39. The van der Waals surface area contributed by atoms with Crippen LogP contribution in [0.2, 0.25) is 5.02 Å². The Morgan fingerprint density at radius 2 is 1.81 bits per heavy atom. The third-order valence-corrected chi connectivity index (χ3v) is 8.86. The Labute approximate surface area is 221 Å². The van der Waals surface area contributed by atoms with Gasteiger partial charge in [-0.15, -0.1) is 0 Å². The highest BCUT2D eigenvalue weighted by Gasteiger charge is 2.80. The Bertz CT molecular complexity index is 1220. The van der Waals surface area contributed by atoms with Gasteiger partial charge < -0.3 is 25.4 Å². The maximum absolute atomic E-state index is 14.1. The summed E-state index contributed by atoms with van der Waals surface area (Å²) in [6.45, 7) is 5.40. The minimum absolute atomic E-state index is 0.0900. The van der Waals surface area contributed by atoms with Gasteiger partial charge in [-0.05, 0) is 49.9 Å². The highest BCUT2D eigenvalue weighted by atomic mass is 35.5. The molecule has 0 radical (unpaired) electrons. The number of benzene rings is 2. The van der Waals surface area contributed by atoms with Crippen LogP contribution >= 0.6 is 11.6 Å². The van der Waals surface area contributed by atoms with Crippen molar-refractivity contribution < 1.29 is 24.2 Å². The molecule has 2 aromatic rings. The van der Waals surface area contributed by atoms with Crippen molar-refractivity contribution in [1.82, 2.24) is 4.90 Å². The topological polar surface area (TPSA) is 108 Å². The van der Waals surface area contributed by atoms with E-state index in [2.05, 4.69) is 10.6 Å². The summed E-state index contributed by atoms with van der Waals surface area (Å²) in [6, 6.07) is 14.3. The Balaban J connectivity index is 1.57. The van der Waals surface area contributed by atoms with Crippen LogP contribution in [0, 0.1) is 17.8 Å². The predicted molar refractivity (Wildman–Crippen MR) is 140 cm³/mol. The summed E-state index contributed by atoms with van der Waals surface area (Å²) in [5.74, 6) is -2.86. The smallest absolute Gasteiger partial charge is 0.250 e. The second kappa shape index (κ2) is 9.42. The number of halogens is 1. The number of carbonyl (C=O) groups is 3. The molecule has 7 atom stereocenters. The van der Waals surface area contributed by atoms with Crippen molar-refractivity contribution >= 4 is 40.7 Å². The molecule has 196 valence electrons. The van der Waals surface area contributed by atoms with Crippen LogP contribution in [0.25, 0.3) is 0 Å². The van der Waals surface area contributed by atoms with E-state index in [-0.39, 0.29) is 24.3 Å². The number of ether oxygens (including phenoxy) is 1. The number of aliphatic hydroxyl groups is 1. The van der Waals surface area contributed by atoms with Gasteiger partial charge >= 0.3 is 0 Å². The first-order chi connectivity index (χ1) is 17.7.